The van der Waals surface area contributed by atoms with Gasteiger partial charge >= 0.3 is 0 Å². The minimum Gasteiger partial charge on any atom is -0.417 e. The second-order valence-corrected chi connectivity index (χ2v) is 11.4. The zero-order chi connectivity index (χ0) is 29.4. The Labute approximate surface area is 241 Å². The molecule has 0 radical (unpaired) electrons. The molecule has 0 spiro atoms. The average Bonchev–Trinajstić information content (AvgIpc) is 3.56. The van der Waals surface area contributed by atoms with Crippen LogP contribution in [-0.2, 0) is 23.7 Å². The number of anilines is 2. The SMILES string of the molecule is Cn1cc(Nc2nccc(-c3ccc4c(c3)CN(C3COC3)CC[C@H]4CC(=O)c3nnc(C(C)(C)C(F)F)o3)n2)cn1. The van der Waals surface area contributed by atoms with Crippen molar-refractivity contribution in [1.29, 1.82) is 0 Å². The van der Waals surface area contributed by atoms with Gasteiger partial charge in [0.25, 0.3) is 12.3 Å². The first kappa shape index (κ1) is 28.0. The number of aromatic nitrogens is 6. The maximum atomic E-state index is 13.5. The minimum absolute atomic E-state index is 0.112. The fourth-order valence-electron chi connectivity index (χ4n) is 5.23. The van der Waals surface area contributed by atoms with Gasteiger partial charge in [-0.15, -0.1) is 10.2 Å². The van der Waals surface area contributed by atoms with Crippen LogP contribution in [0, 0.1) is 0 Å². The number of nitrogens with one attached hydrogen (secondary N) is 1. The second-order valence-electron chi connectivity index (χ2n) is 11.4. The molecule has 6 rings (SSSR count). The van der Waals surface area contributed by atoms with E-state index in [-0.39, 0.29) is 29.9 Å². The van der Waals surface area contributed by atoms with E-state index >= 15 is 0 Å². The molecular formula is C29H32F2N8O3. The molecular weight excluding hydrogens is 546 g/mol. The van der Waals surface area contributed by atoms with Crippen LogP contribution in [-0.4, -0.2) is 72.9 Å². The summed E-state index contributed by atoms with van der Waals surface area (Å²) < 4.78 is 39.5. The summed E-state index contributed by atoms with van der Waals surface area (Å²) >= 11 is 0. The third-order valence-corrected chi connectivity index (χ3v) is 7.96. The summed E-state index contributed by atoms with van der Waals surface area (Å²) in [7, 11) is 1.84. The van der Waals surface area contributed by atoms with Crippen molar-refractivity contribution in [3.05, 3.63) is 65.8 Å². The van der Waals surface area contributed by atoms with Crippen molar-refractivity contribution in [2.75, 3.05) is 25.1 Å². The number of ether oxygens (including phenoxy) is 1. The molecule has 220 valence electrons. The minimum atomic E-state index is -2.71. The molecule has 5 heterocycles. The third-order valence-electron chi connectivity index (χ3n) is 7.96. The molecule has 0 saturated carbocycles. The van der Waals surface area contributed by atoms with Gasteiger partial charge in [0.2, 0.25) is 17.6 Å². The van der Waals surface area contributed by atoms with Gasteiger partial charge in [-0.1, -0.05) is 12.1 Å². The number of nitrogens with zero attached hydrogens (tertiary/aromatic N) is 7. The number of hydrogen-bond acceptors (Lipinski definition) is 10. The summed E-state index contributed by atoms with van der Waals surface area (Å²) in [6.07, 6.45) is 3.42. The molecule has 11 nitrogen and oxygen atoms in total. The lowest BCUT2D eigenvalue weighted by molar-refractivity contribution is -0.0677. The molecule has 0 unspecified atom stereocenters. The van der Waals surface area contributed by atoms with Crippen molar-refractivity contribution in [1.82, 2.24) is 34.8 Å². The van der Waals surface area contributed by atoms with Crippen LogP contribution in [0.25, 0.3) is 11.3 Å². The summed E-state index contributed by atoms with van der Waals surface area (Å²) in [5, 5.41) is 14.9. The fraction of sp³-hybridized carbons (Fsp3) is 0.448. The molecule has 0 bridgehead atoms. The number of ketones is 1. The number of Topliss-reactive ketones (excluding diaryl/α,β-unsaturated/α-hetero) is 1. The van der Waals surface area contributed by atoms with Crippen LogP contribution in [0.2, 0.25) is 0 Å². The first-order valence-corrected chi connectivity index (χ1v) is 13.9. The number of hydrogen-bond donors (Lipinski definition) is 1. The van der Waals surface area contributed by atoms with Crippen molar-refractivity contribution in [2.24, 2.45) is 7.05 Å². The van der Waals surface area contributed by atoms with Gasteiger partial charge in [0.1, 0.15) is 5.41 Å². The van der Waals surface area contributed by atoms with E-state index in [1.54, 1.807) is 17.1 Å². The van der Waals surface area contributed by atoms with E-state index in [1.165, 1.54) is 13.8 Å². The van der Waals surface area contributed by atoms with Gasteiger partial charge in [-0.25, -0.2) is 18.7 Å². The number of rotatable bonds is 9. The number of alkyl halides is 2. The Morgan fingerprint density at radius 2 is 2.05 bits per heavy atom. The van der Waals surface area contributed by atoms with Crippen molar-refractivity contribution < 1.29 is 22.7 Å². The van der Waals surface area contributed by atoms with Gasteiger partial charge in [0, 0.05) is 38.0 Å². The van der Waals surface area contributed by atoms with E-state index in [9.17, 15) is 13.6 Å². The lowest BCUT2D eigenvalue weighted by Gasteiger charge is -2.36. The Bertz CT molecular complexity index is 1580. The van der Waals surface area contributed by atoms with Crippen LogP contribution in [0.1, 0.15) is 60.3 Å². The zero-order valence-electron chi connectivity index (χ0n) is 23.6. The molecule has 1 atom stereocenters. The zero-order valence-corrected chi connectivity index (χ0v) is 23.6. The average molecular weight is 579 g/mol. The molecule has 1 saturated heterocycles. The Morgan fingerprint density at radius 1 is 1.21 bits per heavy atom. The standard InChI is InChI=1S/C29H32F2N8O3/c1-29(2,26(30)31)27-37-36-25(42-27)24(40)11-17-7-9-39(21-15-41-16-21)13-19-10-18(4-5-22(17)19)23-6-8-32-28(35-23)34-20-12-33-38(3)14-20/h4-6,8,10,12,14,17,21,26H,7,9,11,13,15-16H2,1-3H3,(H,32,34,35)/t17-/m0/s1. The summed E-state index contributed by atoms with van der Waals surface area (Å²) in [6.45, 7) is 5.48. The third kappa shape index (κ3) is 5.66. The van der Waals surface area contributed by atoms with E-state index < -0.39 is 11.8 Å². The quantitative estimate of drug-likeness (QED) is 0.284. The first-order chi connectivity index (χ1) is 20.2. The van der Waals surface area contributed by atoms with Gasteiger partial charge in [-0.3, -0.25) is 14.4 Å². The van der Waals surface area contributed by atoms with Crippen LogP contribution in [0.15, 0.2) is 47.3 Å². The van der Waals surface area contributed by atoms with Crippen LogP contribution >= 0.6 is 0 Å². The van der Waals surface area contributed by atoms with Crippen LogP contribution in [0.4, 0.5) is 20.4 Å². The normalized spacial score (nSPS) is 18.0. The molecule has 1 N–H and O–H groups in total. The van der Waals surface area contributed by atoms with Crippen LogP contribution in [0.5, 0.6) is 0 Å². The van der Waals surface area contributed by atoms with Crippen LogP contribution < -0.4 is 5.32 Å². The predicted octanol–water partition coefficient (Wildman–Crippen LogP) is 4.51. The summed E-state index contributed by atoms with van der Waals surface area (Å²) in [5.41, 5.74) is 2.99. The second kappa shape index (κ2) is 11.3. The topological polar surface area (TPSA) is 124 Å². The van der Waals surface area contributed by atoms with E-state index in [0.29, 0.717) is 31.7 Å². The van der Waals surface area contributed by atoms with Crippen molar-refractivity contribution in [2.45, 2.75) is 57.0 Å². The fourth-order valence-corrected chi connectivity index (χ4v) is 5.23. The highest BCUT2D eigenvalue weighted by Crippen LogP contribution is 2.36. The number of halogens is 2. The lowest BCUT2D eigenvalue weighted by Crippen LogP contribution is -2.48. The van der Waals surface area contributed by atoms with E-state index in [2.05, 4.69) is 42.6 Å². The Morgan fingerprint density at radius 3 is 2.76 bits per heavy atom. The molecule has 2 aliphatic heterocycles. The number of carbonyl (C=O) groups excluding carboxylic acids is 1. The highest BCUT2D eigenvalue weighted by molar-refractivity contribution is 5.92. The monoisotopic (exact) mass is 578 g/mol. The molecule has 1 fully saturated rings. The highest BCUT2D eigenvalue weighted by Gasteiger charge is 2.38. The molecule has 4 aromatic rings. The summed E-state index contributed by atoms with van der Waals surface area (Å²) in [6, 6.07) is 8.36. The Kier molecular flexibility index (Phi) is 7.54. The predicted molar refractivity (Wildman–Crippen MR) is 149 cm³/mol. The summed E-state index contributed by atoms with van der Waals surface area (Å²) in [5.74, 6) is -0.494. The van der Waals surface area contributed by atoms with E-state index in [4.69, 9.17) is 14.1 Å². The lowest BCUT2D eigenvalue weighted by atomic mass is 9.87. The van der Waals surface area contributed by atoms with Crippen molar-refractivity contribution >= 4 is 17.4 Å². The van der Waals surface area contributed by atoms with Gasteiger partial charge in [-0.05, 0) is 56.0 Å². The van der Waals surface area contributed by atoms with Gasteiger partial charge in [0.05, 0.1) is 36.8 Å². The number of aryl methyl sites for hydroxylation is 1. The smallest absolute Gasteiger partial charge is 0.284 e. The largest absolute Gasteiger partial charge is 0.417 e. The first-order valence-electron chi connectivity index (χ1n) is 13.9. The summed E-state index contributed by atoms with van der Waals surface area (Å²) in [4.78, 5) is 24.7. The van der Waals surface area contributed by atoms with Gasteiger partial charge in [-0.2, -0.15) is 5.10 Å². The maximum Gasteiger partial charge on any atom is 0.284 e. The highest BCUT2D eigenvalue weighted by atomic mass is 19.3. The molecule has 2 aliphatic rings. The molecule has 1 aromatic carbocycles. The van der Waals surface area contributed by atoms with Crippen molar-refractivity contribution in [3.8, 4) is 11.3 Å². The van der Waals surface area contributed by atoms with E-state index in [1.807, 2.05) is 25.4 Å². The molecule has 42 heavy (non-hydrogen) atoms. The molecule has 13 heteroatoms. The Balaban J connectivity index is 1.26. The molecule has 3 aromatic heterocycles. The Hall–Kier alpha value is -4.10. The van der Waals surface area contributed by atoms with Crippen molar-refractivity contribution in [3.63, 3.8) is 0 Å². The number of benzene rings is 1. The van der Waals surface area contributed by atoms with Gasteiger partial charge < -0.3 is 14.5 Å². The number of fused-ring (bicyclic) bond motifs is 1. The number of carbonyl (C=O) groups is 1. The molecule has 0 amide bonds. The van der Waals surface area contributed by atoms with Gasteiger partial charge in [0.15, 0.2) is 0 Å². The van der Waals surface area contributed by atoms with Crippen LogP contribution in [0.3, 0.4) is 0 Å². The molecule has 0 aliphatic carbocycles. The maximum absolute atomic E-state index is 13.5. The van der Waals surface area contributed by atoms with E-state index in [0.717, 1.165) is 41.0 Å².